The first-order valence-electron chi connectivity index (χ1n) is 10.4. The summed E-state index contributed by atoms with van der Waals surface area (Å²) in [4.78, 5) is 15.1. The van der Waals surface area contributed by atoms with Crippen molar-refractivity contribution in [1.29, 1.82) is 5.26 Å². The molecular formula is C24H23N3O4S. The smallest absolute Gasteiger partial charge is 0.244 e. The van der Waals surface area contributed by atoms with Crippen LogP contribution in [0, 0.1) is 17.2 Å². The zero-order valence-corrected chi connectivity index (χ0v) is 18.2. The first kappa shape index (κ1) is 21.8. The Labute approximate surface area is 187 Å². The fourth-order valence-corrected chi connectivity index (χ4v) is 5.56. The molecule has 0 spiro atoms. The van der Waals surface area contributed by atoms with Gasteiger partial charge in [0.25, 0.3) is 0 Å². The molecule has 8 heteroatoms. The number of anilines is 1. The minimum atomic E-state index is -3.80. The third-order valence-corrected chi connectivity index (χ3v) is 7.61. The first-order valence-corrected chi connectivity index (χ1v) is 11.8. The van der Waals surface area contributed by atoms with Gasteiger partial charge >= 0.3 is 0 Å². The number of piperidine rings is 1. The molecule has 3 aromatic rings. The highest BCUT2D eigenvalue weighted by Crippen LogP contribution is 2.29. The molecule has 0 unspecified atom stereocenters. The van der Waals surface area contributed by atoms with Gasteiger partial charge in [0.2, 0.25) is 15.9 Å². The molecule has 0 bridgehead atoms. The third kappa shape index (κ3) is 4.44. The average Bonchev–Trinajstić information content (AvgIpc) is 3.36. The minimum absolute atomic E-state index is 0.0102. The third-order valence-electron chi connectivity index (χ3n) is 5.66. The highest BCUT2D eigenvalue weighted by molar-refractivity contribution is 7.89. The fraction of sp³-hybridized carbons (Fsp3) is 0.250. The Balaban J connectivity index is 1.50. The zero-order chi connectivity index (χ0) is 22.6. The molecule has 0 N–H and O–H groups in total. The van der Waals surface area contributed by atoms with Crippen molar-refractivity contribution >= 4 is 21.6 Å². The van der Waals surface area contributed by atoms with Crippen LogP contribution in [-0.4, -0.2) is 31.7 Å². The number of hydrogen-bond donors (Lipinski definition) is 0. The lowest BCUT2D eigenvalue weighted by Gasteiger charge is -2.33. The number of nitrogens with zero attached hydrogens (tertiary/aromatic N) is 3. The van der Waals surface area contributed by atoms with Gasteiger partial charge in [-0.25, -0.2) is 8.42 Å². The summed E-state index contributed by atoms with van der Waals surface area (Å²) in [6, 6.07) is 21.1. The number of hydrogen-bond acceptors (Lipinski definition) is 5. The molecule has 1 fully saturated rings. The number of sulfonamides is 1. The van der Waals surface area contributed by atoms with Gasteiger partial charge < -0.3 is 9.32 Å². The lowest BCUT2D eigenvalue weighted by atomic mass is 9.96. The van der Waals surface area contributed by atoms with Gasteiger partial charge in [0, 0.05) is 24.7 Å². The van der Waals surface area contributed by atoms with E-state index in [0.717, 1.165) is 5.69 Å². The Morgan fingerprint density at radius 1 is 1.03 bits per heavy atom. The Bertz CT molecular complexity index is 1210. The van der Waals surface area contributed by atoms with Crippen molar-refractivity contribution in [2.45, 2.75) is 24.3 Å². The van der Waals surface area contributed by atoms with Crippen LogP contribution in [0.4, 0.5) is 5.69 Å². The maximum Gasteiger partial charge on any atom is 0.244 e. The Hall–Kier alpha value is -3.41. The fourth-order valence-electron chi connectivity index (χ4n) is 3.95. The predicted molar refractivity (Wildman–Crippen MR) is 119 cm³/mol. The number of nitriles is 1. The summed E-state index contributed by atoms with van der Waals surface area (Å²) >= 11 is 0. The second kappa shape index (κ2) is 9.39. The molecule has 1 saturated heterocycles. The normalized spacial score (nSPS) is 15.2. The van der Waals surface area contributed by atoms with Crippen molar-refractivity contribution in [2.24, 2.45) is 5.92 Å². The van der Waals surface area contributed by atoms with E-state index in [9.17, 15) is 18.5 Å². The molecule has 1 aromatic heterocycles. The van der Waals surface area contributed by atoms with Crippen molar-refractivity contribution in [1.82, 2.24) is 4.31 Å². The van der Waals surface area contributed by atoms with E-state index < -0.39 is 10.0 Å². The quantitative estimate of drug-likeness (QED) is 0.571. The number of para-hydroxylation sites is 1. The summed E-state index contributed by atoms with van der Waals surface area (Å²) in [7, 11) is -3.80. The highest BCUT2D eigenvalue weighted by atomic mass is 32.2. The van der Waals surface area contributed by atoms with Crippen molar-refractivity contribution < 1.29 is 17.6 Å². The van der Waals surface area contributed by atoms with E-state index in [2.05, 4.69) is 0 Å². The van der Waals surface area contributed by atoms with Crippen molar-refractivity contribution in [2.75, 3.05) is 18.0 Å². The summed E-state index contributed by atoms with van der Waals surface area (Å²) in [5.74, 6) is 0.320. The largest absolute Gasteiger partial charge is 0.467 e. The van der Waals surface area contributed by atoms with Crippen LogP contribution >= 0.6 is 0 Å². The molecule has 0 saturated carbocycles. The van der Waals surface area contributed by atoms with E-state index in [1.165, 1.54) is 16.4 Å². The molecule has 0 atom stereocenters. The van der Waals surface area contributed by atoms with Gasteiger partial charge in [0.1, 0.15) is 11.8 Å². The molecule has 2 heterocycles. The van der Waals surface area contributed by atoms with Crippen LogP contribution in [0.2, 0.25) is 0 Å². The van der Waals surface area contributed by atoms with E-state index in [4.69, 9.17) is 4.42 Å². The second-order valence-corrected chi connectivity index (χ2v) is 9.53. The predicted octanol–water partition coefficient (Wildman–Crippen LogP) is 3.79. The minimum Gasteiger partial charge on any atom is -0.467 e. The van der Waals surface area contributed by atoms with E-state index >= 15 is 0 Å². The van der Waals surface area contributed by atoms with Crippen LogP contribution in [0.15, 0.2) is 82.3 Å². The summed E-state index contributed by atoms with van der Waals surface area (Å²) in [6.45, 7) is 0.758. The maximum atomic E-state index is 13.4. The van der Waals surface area contributed by atoms with Crippen LogP contribution < -0.4 is 4.90 Å². The van der Waals surface area contributed by atoms with Gasteiger partial charge in [-0.3, -0.25) is 4.79 Å². The molecule has 32 heavy (non-hydrogen) atoms. The lowest BCUT2D eigenvalue weighted by molar-refractivity contribution is -0.123. The first-order chi connectivity index (χ1) is 15.5. The van der Waals surface area contributed by atoms with Gasteiger partial charge in [-0.1, -0.05) is 30.3 Å². The van der Waals surface area contributed by atoms with E-state index in [-0.39, 0.29) is 35.4 Å². The Morgan fingerprint density at radius 2 is 1.72 bits per heavy atom. The molecular weight excluding hydrogens is 426 g/mol. The van der Waals surface area contributed by atoms with Crippen LogP contribution in [-0.2, 0) is 21.4 Å². The molecule has 7 nitrogen and oxygen atoms in total. The van der Waals surface area contributed by atoms with Gasteiger partial charge in [-0.15, -0.1) is 0 Å². The molecule has 164 valence electrons. The summed E-state index contributed by atoms with van der Waals surface area (Å²) in [5, 5.41) is 9.28. The lowest BCUT2D eigenvalue weighted by Crippen LogP contribution is -2.44. The van der Waals surface area contributed by atoms with Crippen molar-refractivity contribution in [3.8, 4) is 6.07 Å². The Kier molecular flexibility index (Phi) is 6.40. The van der Waals surface area contributed by atoms with E-state index in [1.807, 2.05) is 42.5 Å². The van der Waals surface area contributed by atoms with Gasteiger partial charge in [-0.05, 0) is 49.2 Å². The Morgan fingerprint density at radius 3 is 2.38 bits per heavy atom. The SMILES string of the molecule is N#Cc1ccccc1S(=O)(=O)N1CCC(C(=O)N(Cc2ccco2)c2ccccc2)CC1. The molecule has 0 aliphatic carbocycles. The molecule has 0 radical (unpaired) electrons. The number of carbonyl (C=O) groups is 1. The number of carbonyl (C=O) groups excluding carboxylic acids is 1. The maximum absolute atomic E-state index is 13.4. The monoisotopic (exact) mass is 449 g/mol. The number of furan rings is 1. The molecule has 1 aliphatic rings. The summed E-state index contributed by atoms with van der Waals surface area (Å²) in [6.07, 6.45) is 2.40. The molecule has 1 amide bonds. The van der Waals surface area contributed by atoms with Crippen molar-refractivity contribution in [3.05, 3.63) is 84.3 Å². The number of benzene rings is 2. The number of rotatable bonds is 6. The summed E-state index contributed by atoms with van der Waals surface area (Å²) in [5.41, 5.74) is 0.895. The number of amides is 1. The van der Waals surface area contributed by atoms with Crippen LogP contribution in [0.3, 0.4) is 0 Å². The molecule has 4 rings (SSSR count). The van der Waals surface area contributed by atoms with Crippen LogP contribution in [0.1, 0.15) is 24.2 Å². The van der Waals surface area contributed by atoms with Gasteiger partial charge in [0.15, 0.2) is 0 Å². The second-order valence-electron chi connectivity index (χ2n) is 7.63. The highest BCUT2D eigenvalue weighted by Gasteiger charge is 2.35. The van der Waals surface area contributed by atoms with E-state index in [1.54, 1.807) is 29.4 Å². The van der Waals surface area contributed by atoms with E-state index in [0.29, 0.717) is 25.1 Å². The van der Waals surface area contributed by atoms with Crippen LogP contribution in [0.25, 0.3) is 0 Å². The summed E-state index contributed by atoms with van der Waals surface area (Å²) < 4.78 is 33.0. The van der Waals surface area contributed by atoms with Gasteiger partial charge in [-0.2, -0.15) is 9.57 Å². The zero-order valence-electron chi connectivity index (χ0n) is 17.4. The molecule has 1 aliphatic heterocycles. The average molecular weight is 450 g/mol. The topological polar surface area (TPSA) is 94.6 Å². The van der Waals surface area contributed by atoms with Crippen LogP contribution in [0.5, 0.6) is 0 Å². The van der Waals surface area contributed by atoms with Crippen molar-refractivity contribution in [3.63, 3.8) is 0 Å². The van der Waals surface area contributed by atoms with Gasteiger partial charge in [0.05, 0.1) is 23.3 Å². The standard InChI is InChI=1S/C24H23N3O4S/c25-17-20-7-4-5-11-23(20)32(29,30)26-14-12-19(13-15-26)24(28)27(18-22-10-6-16-31-22)21-8-2-1-3-9-21/h1-11,16,19H,12-15,18H2. The molecule has 2 aromatic carbocycles.